The van der Waals surface area contributed by atoms with E-state index in [1.807, 2.05) is 18.2 Å². The van der Waals surface area contributed by atoms with Crippen molar-refractivity contribution in [3.05, 3.63) is 23.8 Å². The van der Waals surface area contributed by atoms with Crippen LogP contribution < -0.4 is 9.47 Å². The third-order valence-corrected chi connectivity index (χ3v) is 3.42. The predicted octanol–water partition coefficient (Wildman–Crippen LogP) is 2.78. The Kier molecular flexibility index (Phi) is 7.61. The Morgan fingerprint density at radius 1 is 1.19 bits per heavy atom. The van der Waals surface area contributed by atoms with Gasteiger partial charge in [-0.1, -0.05) is 13.0 Å². The standard InChI is InChI=1S/C16H25NO4/c1-4-17(10-6-5-7-16(18)19)12-13-8-9-14(20-2)15(11-13)21-3/h8-9,11H,4-7,10,12H2,1-3H3,(H,18,19). The summed E-state index contributed by atoms with van der Waals surface area (Å²) in [6.07, 6.45) is 1.86. The minimum absolute atomic E-state index is 0.244. The molecule has 0 atom stereocenters. The van der Waals surface area contributed by atoms with E-state index < -0.39 is 5.97 Å². The summed E-state index contributed by atoms with van der Waals surface area (Å²) in [5.74, 6) is 0.737. The van der Waals surface area contributed by atoms with Crippen molar-refractivity contribution >= 4 is 5.97 Å². The molecule has 0 bridgehead atoms. The molecule has 0 fully saturated rings. The molecule has 1 aromatic carbocycles. The first-order valence-electron chi connectivity index (χ1n) is 7.25. The highest BCUT2D eigenvalue weighted by Gasteiger charge is 2.08. The van der Waals surface area contributed by atoms with Gasteiger partial charge in [0.05, 0.1) is 14.2 Å². The Morgan fingerprint density at radius 2 is 1.90 bits per heavy atom. The third kappa shape index (κ3) is 6.04. The number of carboxylic acid groups (broad SMARTS) is 1. The van der Waals surface area contributed by atoms with E-state index in [1.165, 1.54) is 0 Å². The number of benzene rings is 1. The van der Waals surface area contributed by atoms with E-state index >= 15 is 0 Å². The molecular formula is C16H25NO4. The fraction of sp³-hybridized carbons (Fsp3) is 0.562. The number of aliphatic carboxylic acids is 1. The lowest BCUT2D eigenvalue weighted by molar-refractivity contribution is -0.137. The molecule has 0 aliphatic heterocycles. The van der Waals surface area contributed by atoms with Crippen molar-refractivity contribution in [2.45, 2.75) is 32.7 Å². The van der Waals surface area contributed by atoms with E-state index in [4.69, 9.17) is 14.6 Å². The van der Waals surface area contributed by atoms with E-state index in [2.05, 4.69) is 11.8 Å². The summed E-state index contributed by atoms with van der Waals surface area (Å²) >= 11 is 0. The smallest absolute Gasteiger partial charge is 0.303 e. The van der Waals surface area contributed by atoms with Crippen molar-refractivity contribution in [1.29, 1.82) is 0 Å². The van der Waals surface area contributed by atoms with Crippen molar-refractivity contribution in [2.24, 2.45) is 0 Å². The average molecular weight is 295 g/mol. The second kappa shape index (κ2) is 9.23. The molecule has 1 aromatic rings. The zero-order chi connectivity index (χ0) is 15.7. The van der Waals surface area contributed by atoms with E-state index in [-0.39, 0.29) is 6.42 Å². The molecule has 0 heterocycles. The van der Waals surface area contributed by atoms with Crippen molar-refractivity contribution in [1.82, 2.24) is 4.90 Å². The normalized spacial score (nSPS) is 10.7. The van der Waals surface area contributed by atoms with Gasteiger partial charge >= 0.3 is 5.97 Å². The number of nitrogens with zero attached hydrogens (tertiary/aromatic N) is 1. The summed E-state index contributed by atoms with van der Waals surface area (Å²) in [7, 11) is 3.25. The molecule has 5 heteroatoms. The molecule has 0 aromatic heterocycles. The van der Waals surface area contributed by atoms with Gasteiger partial charge in [0, 0.05) is 13.0 Å². The van der Waals surface area contributed by atoms with Gasteiger partial charge in [0.2, 0.25) is 0 Å². The topological polar surface area (TPSA) is 59.0 Å². The fourth-order valence-electron chi connectivity index (χ4n) is 2.20. The number of carboxylic acids is 1. The van der Waals surface area contributed by atoms with E-state index in [9.17, 15) is 4.79 Å². The lowest BCUT2D eigenvalue weighted by Gasteiger charge is -2.21. The molecule has 0 aliphatic carbocycles. The van der Waals surface area contributed by atoms with Crippen molar-refractivity contribution in [2.75, 3.05) is 27.3 Å². The molecular weight excluding hydrogens is 270 g/mol. The molecule has 0 aliphatic rings. The summed E-state index contributed by atoms with van der Waals surface area (Å²) in [6, 6.07) is 5.92. The lowest BCUT2D eigenvalue weighted by Crippen LogP contribution is -2.24. The second-order valence-electron chi connectivity index (χ2n) is 4.91. The molecule has 0 radical (unpaired) electrons. The fourth-order valence-corrected chi connectivity index (χ4v) is 2.20. The highest BCUT2D eigenvalue weighted by molar-refractivity contribution is 5.66. The number of carbonyl (C=O) groups is 1. The number of hydrogen-bond acceptors (Lipinski definition) is 4. The highest BCUT2D eigenvalue weighted by atomic mass is 16.5. The molecule has 0 saturated heterocycles. The molecule has 0 amide bonds. The first-order valence-corrected chi connectivity index (χ1v) is 7.25. The van der Waals surface area contributed by atoms with Crippen LogP contribution in [0, 0.1) is 0 Å². The molecule has 118 valence electrons. The van der Waals surface area contributed by atoms with Crippen LogP contribution >= 0.6 is 0 Å². The Balaban J connectivity index is 2.54. The van der Waals surface area contributed by atoms with Gasteiger partial charge in [0.25, 0.3) is 0 Å². The second-order valence-corrected chi connectivity index (χ2v) is 4.91. The van der Waals surface area contributed by atoms with Crippen LogP contribution in [0.4, 0.5) is 0 Å². The van der Waals surface area contributed by atoms with Gasteiger partial charge in [-0.25, -0.2) is 0 Å². The van der Waals surface area contributed by atoms with Crippen LogP contribution in [0.25, 0.3) is 0 Å². The number of rotatable bonds is 10. The zero-order valence-corrected chi connectivity index (χ0v) is 13.1. The number of unbranched alkanes of at least 4 members (excludes halogenated alkanes) is 1. The van der Waals surface area contributed by atoms with Gasteiger partial charge in [-0.2, -0.15) is 0 Å². The van der Waals surface area contributed by atoms with Gasteiger partial charge in [0.1, 0.15) is 0 Å². The van der Waals surface area contributed by atoms with E-state index in [1.54, 1.807) is 14.2 Å². The van der Waals surface area contributed by atoms with Crippen molar-refractivity contribution < 1.29 is 19.4 Å². The van der Waals surface area contributed by atoms with Gasteiger partial charge in [0.15, 0.2) is 11.5 Å². The van der Waals surface area contributed by atoms with E-state index in [0.29, 0.717) is 0 Å². The molecule has 0 saturated carbocycles. The maximum atomic E-state index is 10.5. The van der Waals surface area contributed by atoms with Crippen LogP contribution in [0.1, 0.15) is 31.7 Å². The van der Waals surface area contributed by atoms with Crippen LogP contribution in [0.3, 0.4) is 0 Å². The molecule has 1 rings (SSSR count). The summed E-state index contributed by atoms with van der Waals surface area (Å²) in [5, 5.41) is 8.64. The van der Waals surface area contributed by atoms with Crippen LogP contribution in [-0.2, 0) is 11.3 Å². The summed E-state index contributed by atoms with van der Waals surface area (Å²) in [6.45, 7) is 4.77. The summed E-state index contributed by atoms with van der Waals surface area (Å²) in [4.78, 5) is 12.8. The lowest BCUT2D eigenvalue weighted by atomic mass is 10.1. The van der Waals surface area contributed by atoms with E-state index in [0.717, 1.165) is 49.5 Å². The highest BCUT2D eigenvalue weighted by Crippen LogP contribution is 2.28. The first-order chi connectivity index (χ1) is 10.1. The Morgan fingerprint density at radius 3 is 2.48 bits per heavy atom. The first kappa shape index (κ1) is 17.3. The minimum Gasteiger partial charge on any atom is -0.493 e. The predicted molar refractivity (Wildman–Crippen MR) is 82.0 cm³/mol. The summed E-state index contributed by atoms with van der Waals surface area (Å²) < 4.78 is 10.5. The Labute approximate surface area is 126 Å². The number of ether oxygens (including phenoxy) is 2. The van der Waals surface area contributed by atoms with Gasteiger partial charge in [-0.15, -0.1) is 0 Å². The summed E-state index contributed by atoms with van der Waals surface area (Å²) in [5.41, 5.74) is 1.16. The maximum Gasteiger partial charge on any atom is 0.303 e. The third-order valence-electron chi connectivity index (χ3n) is 3.42. The zero-order valence-electron chi connectivity index (χ0n) is 13.1. The SMILES string of the molecule is CCN(CCCCC(=O)O)Cc1ccc(OC)c(OC)c1. The quantitative estimate of drug-likeness (QED) is 0.673. The van der Waals surface area contributed by atoms with Crippen LogP contribution in [-0.4, -0.2) is 43.3 Å². The molecule has 0 unspecified atom stereocenters. The minimum atomic E-state index is -0.724. The average Bonchev–Trinajstić information content (AvgIpc) is 2.49. The van der Waals surface area contributed by atoms with Gasteiger partial charge < -0.3 is 14.6 Å². The largest absolute Gasteiger partial charge is 0.493 e. The molecule has 1 N–H and O–H groups in total. The molecule has 0 spiro atoms. The van der Waals surface area contributed by atoms with Crippen LogP contribution in [0.15, 0.2) is 18.2 Å². The maximum absolute atomic E-state index is 10.5. The van der Waals surface area contributed by atoms with Crippen LogP contribution in [0.5, 0.6) is 11.5 Å². The number of methoxy groups -OCH3 is 2. The van der Waals surface area contributed by atoms with Crippen LogP contribution in [0.2, 0.25) is 0 Å². The Bertz CT molecular complexity index is 448. The van der Waals surface area contributed by atoms with Gasteiger partial charge in [-0.05, 0) is 43.6 Å². The van der Waals surface area contributed by atoms with Gasteiger partial charge in [-0.3, -0.25) is 9.69 Å². The van der Waals surface area contributed by atoms with Crippen molar-refractivity contribution in [3.63, 3.8) is 0 Å². The number of hydrogen-bond donors (Lipinski definition) is 1. The molecule has 21 heavy (non-hydrogen) atoms. The Hall–Kier alpha value is -1.75. The monoisotopic (exact) mass is 295 g/mol. The molecule has 5 nitrogen and oxygen atoms in total. The van der Waals surface area contributed by atoms with Crippen molar-refractivity contribution in [3.8, 4) is 11.5 Å².